The fraction of sp³-hybridized carbons (Fsp3) is 0.600. The summed E-state index contributed by atoms with van der Waals surface area (Å²) >= 11 is 0. The maximum atomic E-state index is 12.6. The van der Waals surface area contributed by atoms with Gasteiger partial charge in [0.2, 0.25) is 0 Å². The number of aryl methyl sites for hydroxylation is 1. The molecule has 112 valence electrons. The lowest BCUT2D eigenvalue weighted by molar-refractivity contribution is -0.147. The number of aromatic nitrogens is 1. The zero-order valence-corrected chi connectivity index (χ0v) is 13.3. The van der Waals surface area contributed by atoms with Crippen LogP contribution in [0.2, 0.25) is 0 Å². The number of hydrogen-bond donors (Lipinski definition) is 1. The van der Waals surface area contributed by atoms with E-state index < -0.39 is 11.5 Å². The second kappa shape index (κ2) is 5.31. The molecular weight excluding hydrogens is 256 g/mol. The summed E-state index contributed by atoms with van der Waals surface area (Å²) in [6, 6.07) is 2.08. The maximum Gasteiger partial charge on any atom is 0.329 e. The van der Waals surface area contributed by atoms with Gasteiger partial charge in [0.25, 0.3) is 5.91 Å². The number of nitrogens with zero attached hydrogens (tertiary/aromatic N) is 2. The SMILES string of the molecule is Cc1cc(C(=O)N(C)C(C)(C)C(=O)O)c(C)n1C(C)C. The van der Waals surface area contributed by atoms with Crippen LogP contribution in [0.5, 0.6) is 0 Å². The second-order valence-electron chi connectivity index (χ2n) is 5.98. The van der Waals surface area contributed by atoms with Crippen molar-refractivity contribution in [2.24, 2.45) is 0 Å². The van der Waals surface area contributed by atoms with E-state index in [9.17, 15) is 14.7 Å². The zero-order valence-electron chi connectivity index (χ0n) is 13.3. The van der Waals surface area contributed by atoms with Crippen LogP contribution >= 0.6 is 0 Å². The zero-order chi connectivity index (χ0) is 15.8. The molecule has 0 radical (unpaired) electrons. The van der Waals surface area contributed by atoms with Gasteiger partial charge >= 0.3 is 5.97 Å². The molecule has 1 aromatic rings. The molecule has 0 aliphatic carbocycles. The van der Waals surface area contributed by atoms with Gasteiger partial charge in [0, 0.05) is 24.5 Å². The third-order valence-corrected chi connectivity index (χ3v) is 3.90. The summed E-state index contributed by atoms with van der Waals surface area (Å²) in [5.74, 6) is -1.29. The molecule has 1 aromatic heterocycles. The first-order valence-electron chi connectivity index (χ1n) is 6.71. The van der Waals surface area contributed by atoms with Gasteiger partial charge < -0.3 is 14.6 Å². The molecule has 0 fully saturated rings. The van der Waals surface area contributed by atoms with Crippen molar-refractivity contribution in [1.29, 1.82) is 0 Å². The lowest BCUT2D eigenvalue weighted by atomic mass is 10.0. The van der Waals surface area contributed by atoms with Crippen LogP contribution in [0.3, 0.4) is 0 Å². The minimum atomic E-state index is -1.24. The molecule has 5 nitrogen and oxygen atoms in total. The first-order valence-corrected chi connectivity index (χ1v) is 6.71. The first-order chi connectivity index (χ1) is 9.01. The second-order valence-corrected chi connectivity index (χ2v) is 5.98. The fourth-order valence-electron chi connectivity index (χ4n) is 2.37. The standard InChI is InChI=1S/C15H24N2O3/c1-9(2)17-10(3)8-12(11(17)4)13(18)16(7)15(5,6)14(19)20/h8-9H,1-7H3,(H,19,20). The number of rotatable bonds is 4. The number of likely N-dealkylation sites (N-methyl/N-ethyl adjacent to an activating group) is 1. The Morgan fingerprint density at radius 2 is 1.80 bits per heavy atom. The molecule has 0 aromatic carbocycles. The number of aliphatic carboxylic acids is 1. The van der Waals surface area contributed by atoms with Crippen LogP contribution < -0.4 is 0 Å². The highest BCUT2D eigenvalue weighted by atomic mass is 16.4. The summed E-state index contributed by atoms with van der Waals surface area (Å²) in [4.78, 5) is 25.1. The van der Waals surface area contributed by atoms with Gasteiger partial charge in [-0.25, -0.2) is 4.79 Å². The quantitative estimate of drug-likeness (QED) is 0.922. The lowest BCUT2D eigenvalue weighted by Gasteiger charge is -2.31. The Labute approximate surface area is 120 Å². The molecule has 0 aliphatic rings. The third kappa shape index (κ3) is 2.57. The van der Waals surface area contributed by atoms with Crippen LogP contribution in [0.15, 0.2) is 6.07 Å². The van der Waals surface area contributed by atoms with Crippen molar-refractivity contribution in [2.45, 2.75) is 53.1 Å². The summed E-state index contributed by atoms with van der Waals surface area (Å²) in [6.07, 6.45) is 0. The van der Waals surface area contributed by atoms with Crippen LogP contribution in [0.1, 0.15) is 55.5 Å². The number of carboxylic acid groups (broad SMARTS) is 1. The Kier molecular flexibility index (Phi) is 4.32. The molecule has 5 heteroatoms. The van der Waals surface area contributed by atoms with Crippen molar-refractivity contribution in [1.82, 2.24) is 9.47 Å². The number of carbonyl (C=O) groups excluding carboxylic acids is 1. The number of hydrogen-bond acceptors (Lipinski definition) is 2. The van der Waals surface area contributed by atoms with E-state index in [4.69, 9.17) is 0 Å². The highest BCUT2D eigenvalue weighted by molar-refractivity contribution is 5.98. The van der Waals surface area contributed by atoms with Crippen molar-refractivity contribution in [3.63, 3.8) is 0 Å². The van der Waals surface area contributed by atoms with E-state index in [0.29, 0.717) is 5.56 Å². The Bertz CT molecular complexity index is 542. The molecular formula is C15H24N2O3. The molecule has 0 bridgehead atoms. The largest absolute Gasteiger partial charge is 0.480 e. The predicted octanol–water partition coefficient (Wildman–Crippen LogP) is 2.62. The van der Waals surface area contributed by atoms with Gasteiger partial charge in [-0.15, -0.1) is 0 Å². The average molecular weight is 280 g/mol. The van der Waals surface area contributed by atoms with Crippen molar-refractivity contribution in [3.8, 4) is 0 Å². The van der Waals surface area contributed by atoms with E-state index in [0.717, 1.165) is 11.4 Å². The minimum Gasteiger partial charge on any atom is -0.480 e. The summed E-state index contributed by atoms with van der Waals surface area (Å²) in [7, 11) is 1.53. The van der Waals surface area contributed by atoms with Crippen molar-refractivity contribution in [2.75, 3.05) is 7.05 Å². The molecule has 0 atom stereocenters. The van der Waals surface area contributed by atoms with E-state index in [1.54, 1.807) is 0 Å². The van der Waals surface area contributed by atoms with Gasteiger partial charge in [-0.1, -0.05) is 0 Å². The van der Waals surface area contributed by atoms with Gasteiger partial charge in [0.05, 0.1) is 5.56 Å². The van der Waals surface area contributed by atoms with Gasteiger partial charge in [-0.3, -0.25) is 4.79 Å². The van der Waals surface area contributed by atoms with Gasteiger partial charge in [-0.2, -0.15) is 0 Å². The van der Waals surface area contributed by atoms with Crippen molar-refractivity contribution >= 4 is 11.9 Å². The maximum absolute atomic E-state index is 12.6. The fourth-order valence-corrected chi connectivity index (χ4v) is 2.37. The Morgan fingerprint density at radius 1 is 1.30 bits per heavy atom. The average Bonchev–Trinajstić information content (AvgIpc) is 2.62. The highest BCUT2D eigenvalue weighted by Gasteiger charge is 2.36. The molecule has 20 heavy (non-hydrogen) atoms. The van der Waals surface area contributed by atoms with E-state index >= 15 is 0 Å². The highest BCUT2D eigenvalue weighted by Crippen LogP contribution is 2.23. The molecule has 0 spiro atoms. The van der Waals surface area contributed by atoms with Crippen LogP contribution in [-0.2, 0) is 4.79 Å². The molecule has 1 rings (SSSR count). The van der Waals surface area contributed by atoms with Crippen molar-refractivity contribution in [3.05, 3.63) is 23.0 Å². The number of amides is 1. The van der Waals surface area contributed by atoms with Gasteiger partial charge in [-0.05, 0) is 47.6 Å². The summed E-state index contributed by atoms with van der Waals surface area (Å²) in [5, 5.41) is 9.23. The van der Waals surface area contributed by atoms with E-state index in [1.165, 1.54) is 25.8 Å². The molecule has 0 saturated heterocycles. The topological polar surface area (TPSA) is 62.5 Å². The van der Waals surface area contributed by atoms with Gasteiger partial charge in [0.15, 0.2) is 0 Å². The van der Waals surface area contributed by atoms with Gasteiger partial charge in [0.1, 0.15) is 5.54 Å². The summed E-state index contributed by atoms with van der Waals surface area (Å²) < 4.78 is 2.08. The smallest absolute Gasteiger partial charge is 0.329 e. The monoisotopic (exact) mass is 280 g/mol. The molecule has 0 saturated carbocycles. The molecule has 1 amide bonds. The normalized spacial score (nSPS) is 11.8. The Balaban J connectivity index is 3.24. The third-order valence-electron chi connectivity index (χ3n) is 3.90. The number of carboxylic acids is 1. The van der Waals surface area contributed by atoms with E-state index in [2.05, 4.69) is 18.4 Å². The van der Waals surface area contributed by atoms with Crippen LogP contribution in [-0.4, -0.2) is 39.0 Å². The van der Waals surface area contributed by atoms with Crippen LogP contribution in [0.4, 0.5) is 0 Å². The summed E-state index contributed by atoms with van der Waals surface area (Å²) in [6.45, 7) is 11.0. The number of carbonyl (C=O) groups is 2. The molecule has 0 aliphatic heterocycles. The summed E-state index contributed by atoms with van der Waals surface area (Å²) in [5.41, 5.74) is 1.20. The van der Waals surface area contributed by atoms with Crippen LogP contribution in [0, 0.1) is 13.8 Å². The minimum absolute atomic E-state index is 0.259. The van der Waals surface area contributed by atoms with Crippen molar-refractivity contribution < 1.29 is 14.7 Å². The van der Waals surface area contributed by atoms with E-state index in [-0.39, 0.29) is 11.9 Å². The Hall–Kier alpha value is -1.78. The lowest BCUT2D eigenvalue weighted by Crippen LogP contribution is -2.50. The predicted molar refractivity (Wildman–Crippen MR) is 78.1 cm³/mol. The first kappa shape index (κ1) is 16.3. The van der Waals surface area contributed by atoms with Crippen LogP contribution in [0.25, 0.3) is 0 Å². The molecule has 0 unspecified atom stereocenters. The molecule has 1 heterocycles. The molecule has 1 N–H and O–H groups in total. The Morgan fingerprint density at radius 3 is 2.15 bits per heavy atom. The van der Waals surface area contributed by atoms with E-state index in [1.807, 2.05) is 19.9 Å².